The van der Waals surface area contributed by atoms with Crippen LogP contribution in [-0.2, 0) is 12.7 Å². The second-order valence-electron chi connectivity index (χ2n) is 8.01. The smallest absolute Gasteiger partial charge is 0.417 e. The van der Waals surface area contributed by atoms with Crippen LogP contribution in [0.1, 0.15) is 5.56 Å². The van der Waals surface area contributed by atoms with Crippen molar-refractivity contribution in [3.8, 4) is 22.9 Å². The van der Waals surface area contributed by atoms with Gasteiger partial charge < -0.3 is 25.3 Å². The number of aromatic nitrogens is 3. The summed E-state index contributed by atoms with van der Waals surface area (Å²) in [4.78, 5) is 25.0. The number of hydrogen-bond acceptors (Lipinski definition) is 6. The Hall–Kier alpha value is -4.32. The quantitative estimate of drug-likeness (QED) is 0.326. The Kier molecular flexibility index (Phi) is 6.34. The maximum absolute atomic E-state index is 13.0. The van der Waals surface area contributed by atoms with E-state index in [0.717, 1.165) is 29.3 Å². The minimum absolute atomic E-state index is 0.0481. The molecule has 190 valence electrons. The lowest BCUT2D eigenvalue weighted by Crippen LogP contribution is -2.19. The summed E-state index contributed by atoms with van der Waals surface area (Å²) in [5.41, 5.74) is 0.518. The summed E-state index contributed by atoms with van der Waals surface area (Å²) in [6.07, 6.45) is -2.95. The number of benzene rings is 2. The van der Waals surface area contributed by atoms with Crippen molar-refractivity contribution in [2.24, 2.45) is 4.99 Å². The van der Waals surface area contributed by atoms with E-state index in [1.165, 1.54) is 6.07 Å². The van der Waals surface area contributed by atoms with E-state index in [1.54, 1.807) is 37.5 Å². The molecule has 0 aromatic heterocycles. The maximum Gasteiger partial charge on any atom is 0.417 e. The second kappa shape index (κ2) is 9.62. The van der Waals surface area contributed by atoms with Crippen LogP contribution in [0.5, 0.6) is 11.5 Å². The first-order valence-corrected chi connectivity index (χ1v) is 11.4. The van der Waals surface area contributed by atoms with E-state index in [4.69, 9.17) is 16.3 Å². The molecule has 9 nitrogen and oxygen atoms in total. The molecule has 0 spiro atoms. The van der Waals surface area contributed by atoms with Crippen LogP contribution in [0, 0.1) is 0 Å². The number of anilines is 3. The SMILES string of the molecule is CN=c1ncc2cc(Oc3ccc(NC(=O)Nc4ccc(Cl)c(C(F)(F)F)c4)cc3)c3n(c-2n1)CCN3. The number of rotatable bonds is 4. The van der Waals surface area contributed by atoms with E-state index in [9.17, 15) is 18.0 Å². The number of pyridine rings is 1. The first kappa shape index (κ1) is 24.4. The lowest BCUT2D eigenvalue weighted by molar-refractivity contribution is -0.137. The molecule has 37 heavy (non-hydrogen) atoms. The van der Waals surface area contributed by atoms with Gasteiger partial charge in [-0.3, -0.25) is 4.99 Å². The molecule has 13 heteroatoms. The van der Waals surface area contributed by atoms with Crippen molar-refractivity contribution >= 4 is 34.8 Å². The third-order valence-electron chi connectivity index (χ3n) is 5.53. The number of nitrogens with one attached hydrogen (secondary N) is 3. The molecule has 0 aliphatic carbocycles. The van der Waals surface area contributed by atoms with Crippen LogP contribution >= 0.6 is 11.6 Å². The highest BCUT2D eigenvalue weighted by Gasteiger charge is 2.33. The number of carbonyl (C=O) groups excluding carboxylic acids is 1. The van der Waals surface area contributed by atoms with Gasteiger partial charge in [0.05, 0.1) is 10.6 Å². The van der Waals surface area contributed by atoms with Gasteiger partial charge in [0.15, 0.2) is 11.6 Å². The van der Waals surface area contributed by atoms with Crippen molar-refractivity contribution in [2.45, 2.75) is 12.7 Å². The largest absolute Gasteiger partial charge is 0.454 e. The zero-order valence-electron chi connectivity index (χ0n) is 19.2. The van der Waals surface area contributed by atoms with E-state index >= 15 is 0 Å². The molecule has 0 bridgehead atoms. The lowest BCUT2D eigenvalue weighted by Gasteiger charge is -2.17. The van der Waals surface area contributed by atoms with Crippen LogP contribution in [0.25, 0.3) is 11.4 Å². The average molecular weight is 530 g/mol. The summed E-state index contributed by atoms with van der Waals surface area (Å²) >= 11 is 5.62. The van der Waals surface area contributed by atoms with Crippen LogP contribution in [0.4, 0.5) is 35.2 Å². The number of alkyl halides is 3. The number of ether oxygens (including phenoxy) is 1. The standard InChI is InChI=1S/C24H19ClF3N7O2/c1-29-22-31-12-13-10-19(21-30-8-9-35(21)20(13)34-22)37-16-5-2-14(3-6-16)32-23(36)33-15-4-7-18(25)17(11-15)24(26,27)28/h2-7,10-12,30H,8-9H2,1H3,(H2,32,33,36). The number of amides is 2. The molecule has 2 amide bonds. The summed E-state index contributed by atoms with van der Waals surface area (Å²) in [6.45, 7) is 1.42. The molecular weight excluding hydrogens is 511 g/mol. The number of urea groups is 1. The third kappa shape index (κ3) is 5.14. The molecule has 3 N–H and O–H groups in total. The fourth-order valence-electron chi connectivity index (χ4n) is 3.86. The maximum atomic E-state index is 13.0. The minimum atomic E-state index is -4.64. The van der Waals surface area contributed by atoms with E-state index < -0.39 is 22.8 Å². The Morgan fingerprint density at radius 1 is 1.14 bits per heavy atom. The lowest BCUT2D eigenvalue weighted by atomic mass is 10.2. The van der Waals surface area contributed by atoms with Gasteiger partial charge in [0.25, 0.3) is 0 Å². The number of carbonyl (C=O) groups is 1. The summed E-state index contributed by atoms with van der Waals surface area (Å²) in [5, 5.41) is 7.79. The molecule has 2 aromatic carbocycles. The van der Waals surface area contributed by atoms with E-state index in [1.807, 2.05) is 10.6 Å². The Bertz CT molecular complexity index is 1520. The predicted molar refractivity (Wildman–Crippen MR) is 132 cm³/mol. The van der Waals surface area contributed by atoms with Crippen molar-refractivity contribution < 1.29 is 22.7 Å². The third-order valence-corrected chi connectivity index (χ3v) is 5.86. The van der Waals surface area contributed by atoms with Gasteiger partial charge in [0.1, 0.15) is 11.6 Å². The zero-order chi connectivity index (χ0) is 26.2. The molecule has 3 aliphatic rings. The highest BCUT2D eigenvalue weighted by molar-refractivity contribution is 6.31. The van der Waals surface area contributed by atoms with Crippen LogP contribution < -0.4 is 26.3 Å². The molecule has 0 unspecified atom stereocenters. The number of nitrogens with zero attached hydrogens (tertiary/aromatic N) is 4. The minimum Gasteiger partial charge on any atom is -0.454 e. The normalized spacial score (nSPS) is 13.3. The highest BCUT2D eigenvalue weighted by atomic mass is 35.5. The van der Waals surface area contributed by atoms with Crippen molar-refractivity contribution in [2.75, 3.05) is 29.5 Å². The number of hydrogen-bond donors (Lipinski definition) is 3. The Morgan fingerprint density at radius 2 is 1.86 bits per heavy atom. The highest BCUT2D eigenvalue weighted by Crippen LogP contribution is 2.38. The van der Waals surface area contributed by atoms with E-state index in [0.29, 0.717) is 35.9 Å². The van der Waals surface area contributed by atoms with Gasteiger partial charge >= 0.3 is 12.2 Å². The first-order valence-electron chi connectivity index (χ1n) is 11.0. The molecule has 3 aliphatic heterocycles. The van der Waals surface area contributed by atoms with Gasteiger partial charge in [-0.15, -0.1) is 0 Å². The molecule has 2 aromatic rings. The van der Waals surface area contributed by atoms with Gasteiger partial charge in [-0.1, -0.05) is 11.6 Å². The molecule has 3 heterocycles. The Morgan fingerprint density at radius 3 is 2.59 bits per heavy atom. The summed E-state index contributed by atoms with van der Waals surface area (Å²) in [5.74, 6) is 2.61. The average Bonchev–Trinajstić information content (AvgIpc) is 3.36. The van der Waals surface area contributed by atoms with E-state index in [-0.39, 0.29) is 5.69 Å². The van der Waals surface area contributed by atoms with Crippen LogP contribution in [-0.4, -0.2) is 34.2 Å². The van der Waals surface area contributed by atoms with Gasteiger partial charge in [-0.2, -0.15) is 18.2 Å². The molecule has 0 fully saturated rings. The van der Waals surface area contributed by atoms with E-state index in [2.05, 4.69) is 30.9 Å². The molecule has 5 rings (SSSR count). The van der Waals surface area contributed by atoms with Gasteiger partial charge in [-0.05, 0) is 48.5 Å². The first-order chi connectivity index (χ1) is 17.7. The van der Waals surface area contributed by atoms with Crippen molar-refractivity contribution in [1.82, 2.24) is 14.5 Å². The second-order valence-corrected chi connectivity index (χ2v) is 8.41. The molecule has 0 atom stereocenters. The fourth-order valence-corrected chi connectivity index (χ4v) is 4.08. The van der Waals surface area contributed by atoms with Crippen LogP contribution in [0.3, 0.4) is 0 Å². The monoisotopic (exact) mass is 529 g/mol. The van der Waals surface area contributed by atoms with Crippen molar-refractivity contribution in [3.05, 3.63) is 70.9 Å². The zero-order valence-corrected chi connectivity index (χ0v) is 20.0. The Balaban J connectivity index is 1.29. The summed E-state index contributed by atoms with van der Waals surface area (Å²) < 4.78 is 47.2. The van der Waals surface area contributed by atoms with Gasteiger partial charge in [0.2, 0.25) is 5.62 Å². The number of halogens is 4. The van der Waals surface area contributed by atoms with Crippen molar-refractivity contribution in [1.29, 1.82) is 0 Å². The summed E-state index contributed by atoms with van der Waals surface area (Å²) in [7, 11) is 1.63. The predicted octanol–water partition coefficient (Wildman–Crippen LogP) is 5.45. The van der Waals surface area contributed by atoms with Gasteiger partial charge in [0, 0.05) is 43.3 Å². The van der Waals surface area contributed by atoms with Gasteiger partial charge in [-0.25, -0.2) is 9.78 Å². The number of fused-ring (bicyclic) bond motifs is 3. The Labute approximate surface area is 213 Å². The van der Waals surface area contributed by atoms with Crippen LogP contribution in [0.2, 0.25) is 5.02 Å². The molecular formula is C24H19ClF3N7O2. The van der Waals surface area contributed by atoms with Crippen molar-refractivity contribution in [3.63, 3.8) is 0 Å². The summed E-state index contributed by atoms with van der Waals surface area (Å²) in [6, 6.07) is 10.8. The molecule has 0 saturated heterocycles. The fraction of sp³-hybridized carbons (Fsp3) is 0.167. The molecule has 0 saturated carbocycles. The van der Waals surface area contributed by atoms with Crippen LogP contribution in [0.15, 0.2) is 59.7 Å². The topological polar surface area (TPSA) is 105 Å². The molecule has 0 radical (unpaired) electrons.